The number of aliphatic carboxylic acids is 1. The first-order valence-electron chi connectivity index (χ1n) is 3.53. The minimum atomic E-state index is -0.797. The van der Waals surface area contributed by atoms with Crippen LogP contribution in [-0.2, 0) is 4.79 Å². The van der Waals surface area contributed by atoms with Crippen molar-refractivity contribution in [1.82, 2.24) is 0 Å². The van der Waals surface area contributed by atoms with Gasteiger partial charge in [0.15, 0.2) is 0 Å². The van der Waals surface area contributed by atoms with Gasteiger partial charge in [-0.1, -0.05) is 12.2 Å². The van der Waals surface area contributed by atoms with E-state index in [0.29, 0.717) is 12.8 Å². The Morgan fingerprint density at radius 2 is 2.45 bits per heavy atom. The Labute approximate surface area is 64.9 Å². The van der Waals surface area contributed by atoms with Crippen LogP contribution in [0.1, 0.15) is 12.8 Å². The molecule has 0 aromatic rings. The summed E-state index contributed by atoms with van der Waals surface area (Å²) in [6.07, 6.45) is 4.57. The van der Waals surface area contributed by atoms with Crippen LogP contribution in [-0.4, -0.2) is 11.1 Å². The van der Waals surface area contributed by atoms with E-state index in [-0.39, 0.29) is 11.8 Å². The predicted molar refractivity (Wildman–Crippen MR) is 38.6 cm³/mol. The number of carbonyl (C=O) groups is 1. The second-order valence-electron chi connectivity index (χ2n) is 2.67. The van der Waals surface area contributed by atoms with Gasteiger partial charge in [-0.2, -0.15) is 5.26 Å². The van der Waals surface area contributed by atoms with Crippen LogP contribution in [0.15, 0.2) is 12.2 Å². The van der Waals surface area contributed by atoms with Gasteiger partial charge in [0.05, 0.1) is 17.9 Å². The van der Waals surface area contributed by atoms with E-state index in [4.69, 9.17) is 10.4 Å². The third-order valence-corrected chi connectivity index (χ3v) is 1.84. The van der Waals surface area contributed by atoms with Crippen LogP contribution in [0.5, 0.6) is 0 Å². The molecule has 0 radical (unpaired) electrons. The van der Waals surface area contributed by atoms with E-state index in [2.05, 4.69) is 0 Å². The van der Waals surface area contributed by atoms with Crippen LogP contribution in [0.3, 0.4) is 0 Å². The molecule has 2 unspecified atom stereocenters. The molecule has 11 heavy (non-hydrogen) atoms. The van der Waals surface area contributed by atoms with Crippen LogP contribution in [0, 0.1) is 23.2 Å². The van der Waals surface area contributed by atoms with Crippen molar-refractivity contribution in [2.75, 3.05) is 0 Å². The van der Waals surface area contributed by atoms with Gasteiger partial charge in [0, 0.05) is 0 Å². The van der Waals surface area contributed by atoms with Gasteiger partial charge in [-0.05, 0) is 12.8 Å². The van der Waals surface area contributed by atoms with Gasteiger partial charge in [-0.3, -0.25) is 4.79 Å². The second kappa shape index (κ2) is 3.20. The van der Waals surface area contributed by atoms with E-state index in [9.17, 15) is 4.79 Å². The van der Waals surface area contributed by atoms with Gasteiger partial charge in [-0.15, -0.1) is 0 Å². The lowest BCUT2D eigenvalue weighted by atomic mass is 9.88. The lowest BCUT2D eigenvalue weighted by Gasteiger charge is -2.15. The molecule has 58 valence electrons. The molecule has 2 atom stereocenters. The highest BCUT2D eigenvalue weighted by Gasteiger charge is 2.22. The molecule has 0 saturated heterocycles. The van der Waals surface area contributed by atoms with E-state index in [1.807, 2.05) is 6.07 Å². The van der Waals surface area contributed by atoms with E-state index in [1.54, 1.807) is 12.2 Å². The fourth-order valence-electron chi connectivity index (χ4n) is 1.19. The smallest absolute Gasteiger partial charge is 0.306 e. The SMILES string of the molecule is N#CC1C=CCC(C(=O)O)C1. The lowest BCUT2D eigenvalue weighted by Crippen LogP contribution is -2.18. The Bertz CT molecular complexity index is 227. The highest BCUT2D eigenvalue weighted by molar-refractivity contribution is 5.70. The molecule has 3 heteroatoms. The number of rotatable bonds is 1. The summed E-state index contributed by atoms with van der Waals surface area (Å²) in [5, 5.41) is 17.1. The standard InChI is InChI=1S/C8H9NO2/c9-5-6-2-1-3-7(4-6)8(10)11/h1-2,6-7H,3-4H2,(H,10,11). The minimum absolute atomic E-state index is 0.204. The maximum Gasteiger partial charge on any atom is 0.306 e. The fourth-order valence-corrected chi connectivity index (χ4v) is 1.19. The quantitative estimate of drug-likeness (QED) is 0.572. The molecule has 0 aromatic carbocycles. The zero-order valence-electron chi connectivity index (χ0n) is 6.03. The monoisotopic (exact) mass is 151 g/mol. The van der Waals surface area contributed by atoms with E-state index in [0.717, 1.165) is 0 Å². The summed E-state index contributed by atoms with van der Waals surface area (Å²) in [6.45, 7) is 0. The average Bonchev–Trinajstić information content (AvgIpc) is 2.05. The fraction of sp³-hybridized carbons (Fsp3) is 0.500. The van der Waals surface area contributed by atoms with Crippen molar-refractivity contribution in [2.24, 2.45) is 11.8 Å². The number of carboxylic acid groups (broad SMARTS) is 1. The van der Waals surface area contributed by atoms with Gasteiger partial charge < -0.3 is 5.11 Å². The van der Waals surface area contributed by atoms with Gasteiger partial charge in [0.1, 0.15) is 0 Å². The molecule has 3 nitrogen and oxygen atoms in total. The Balaban J connectivity index is 2.60. The third-order valence-electron chi connectivity index (χ3n) is 1.84. The predicted octanol–water partition coefficient (Wildman–Crippen LogP) is 1.18. The number of nitrogens with zero attached hydrogens (tertiary/aromatic N) is 1. The molecule has 0 amide bonds. The van der Waals surface area contributed by atoms with Crippen molar-refractivity contribution in [3.05, 3.63) is 12.2 Å². The number of hydrogen-bond donors (Lipinski definition) is 1. The lowest BCUT2D eigenvalue weighted by molar-refractivity contribution is -0.142. The summed E-state index contributed by atoms with van der Waals surface area (Å²) in [5.41, 5.74) is 0. The van der Waals surface area contributed by atoms with Gasteiger partial charge in [-0.25, -0.2) is 0 Å². The van der Waals surface area contributed by atoms with E-state index in [1.165, 1.54) is 0 Å². The van der Waals surface area contributed by atoms with Crippen molar-refractivity contribution in [3.63, 3.8) is 0 Å². The van der Waals surface area contributed by atoms with Crippen LogP contribution in [0.25, 0.3) is 0 Å². The zero-order chi connectivity index (χ0) is 8.27. The Morgan fingerprint density at radius 3 is 3.00 bits per heavy atom. The van der Waals surface area contributed by atoms with Crippen molar-refractivity contribution in [3.8, 4) is 6.07 Å². The Hall–Kier alpha value is -1.30. The highest BCUT2D eigenvalue weighted by Crippen LogP contribution is 2.22. The highest BCUT2D eigenvalue weighted by atomic mass is 16.4. The van der Waals surface area contributed by atoms with Crippen molar-refractivity contribution in [1.29, 1.82) is 5.26 Å². The molecule has 0 fully saturated rings. The second-order valence-corrected chi connectivity index (χ2v) is 2.67. The summed E-state index contributed by atoms with van der Waals surface area (Å²) in [4.78, 5) is 10.5. The number of allylic oxidation sites excluding steroid dienone is 2. The van der Waals surface area contributed by atoms with Crippen LogP contribution < -0.4 is 0 Å². The first-order chi connectivity index (χ1) is 5.24. The molecule has 1 aliphatic carbocycles. The summed E-state index contributed by atoms with van der Waals surface area (Å²) in [7, 11) is 0. The van der Waals surface area contributed by atoms with Gasteiger partial charge >= 0.3 is 5.97 Å². The Morgan fingerprint density at radius 1 is 1.73 bits per heavy atom. The van der Waals surface area contributed by atoms with Crippen LogP contribution >= 0.6 is 0 Å². The number of hydrogen-bond acceptors (Lipinski definition) is 2. The largest absolute Gasteiger partial charge is 0.481 e. The van der Waals surface area contributed by atoms with Gasteiger partial charge in [0.2, 0.25) is 0 Å². The summed E-state index contributed by atoms with van der Waals surface area (Å²) in [5.74, 6) is -1.36. The third kappa shape index (κ3) is 1.81. The van der Waals surface area contributed by atoms with Crippen LogP contribution in [0.4, 0.5) is 0 Å². The molecule has 0 spiro atoms. The number of carboxylic acids is 1. The maximum absolute atomic E-state index is 10.5. The first-order valence-corrected chi connectivity index (χ1v) is 3.53. The molecule has 0 heterocycles. The zero-order valence-corrected chi connectivity index (χ0v) is 6.03. The van der Waals surface area contributed by atoms with E-state index < -0.39 is 5.97 Å². The van der Waals surface area contributed by atoms with Crippen molar-refractivity contribution in [2.45, 2.75) is 12.8 Å². The molecule has 1 N–H and O–H groups in total. The molecule has 0 saturated carbocycles. The Kier molecular flexibility index (Phi) is 2.27. The molecule has 1 rings (SSSR count). The average molecular weight is 151 g/mol. The van der Waals surface area contributed by atoms with Crippen molar-refractivity contribution >= 4 is 5.97 Å². The molecule has 0 bridgehead atoms. The molecule has 0 aromatic heterocycles. The summed E-state index contributed by atoms with van der Waals surface area (Å²) in [6, 6.07) is 2.04. The number of nitriles is 1. The molecular weight excluding hydrogens is 142 g/mol. The normalized spacial score (nSPS) is 29.4. The summed E-state index contributed by atoms with van der Waals surface area (Å²) >= 11 is 0. The topological polar surface area (TPSA) is 61.1 Å². The summed E-state index contributed by atoms with van der Waals surface area (Å²) < 4.78 is 0. The first kappa shape index (κ1) is 7.80. The molecule has 0 aliphatic heterocycles. The molecule has 1 aliphatic rings. The maximum atomic E-state index is 10.5. The molecular formula is C8H9NO2. The van der Waals surface area contributed by atoms with Crippen LogP contribution in [0.2, 0.25) is 0 Å². The van der Waals surface area contributed by atoms with Gasteiger partial charge in [0.25, 0.3) is 0 Å². The minimum Gasteiger partial charge on any atom is -0.481 e. The van der Waals surface area contributed by atoms with Crippen molar-refractivity contribution < 1.29 is 9.90 Å². The van der Waals surface area contributed by atoms with E-state index >= 15 is 0 Å².